The van der Waals surface area contributed by atoms with Crippen LogP contribution >= 0.6 is 0 Å². The minimum Gasteiger partial charge on any atom is -0.496 e. The highest BCUT2D eigenvalue weighted by Crippen LogP contribution is 2.20. The van der Waals surface area contributed by atoms with Crippen molar-refractivity contribution < 1.29 is 14.1 Å². The highest BCUT2D eigenvalue weighted by Gasteiger charge is 2.25. The van der Waals surface area contributed by atoms with Gasteiger partial charge < -0.3 is 19.9 Å². The Labute approximate surface area is 140 Å². The summed E-state index contributed by atoms with van der Waals surface area (Å²) in [6.45, 7) is 0.988. The highest BCUT2D eigenvalue weighted by atomic mass is 16.5. The molecule has 1 unspecified atom stereocenters. The third-order valence-corrected chi connectivity index (χ3v) is 4.20. The Kier molecular flexibility index (Phi) is 5.10. The molecule has 7 nitrogen and oxygen atoms in total. The lowest BCUT2D eigenvalue weighted by atomic mass is 10.1. The van der Waals surface area contributed by atoms with E-state index in [4.69, 9.17) is 15.0 Å². The van der Waals surface area contributed by atoms with Gasteiger partial charge >= 0.3 is 0 Å². The van der Waals surface area contributed by atoms with E-state index in [1.165, 1.54) is 0 Å². The van der Waals surface area contributed by atoms with E-state index < -0.39 is 6.04 Å². The summed E-state index contributed by atoms with van der Waals surface area (Å²) in [6.07, 6.45) is 3.16. The van der Waals surface area contributed by atoms with Gasteiger partial charge in [0, 0.05) is 18.5 Å². The van der Waals surface area contributed by atoms with Crippen LogP contribution in [0.2, 0.25) is 0 Å². The van der Waals surface area contributed by atoms with Crippen molar-refractivity contribution in [3.8, 4) is 5.75 Å². The van der Waals surface area contributed by atoms with E-state index >= 15 is 0 Å². The van der Waals surface area contributed by atoms with Gasteiger partial charge in [0.1, 0.15) is 12.3 Å². The highest BCUT2D eigenvalue weighted by molar-refractivity contribution is 5.81. The van der Waals surface area contributed by atoms with E-state index in [2.05, 4.69) is 10.1 Å². The van der Waals surface area contributed by atoms with Gasteiger partial charge in [-0.05, 0) is 25.3 Å². The summed E-state index contributed by atoms with van der Waals surface area (Å²) in [5.74, 6) is 1.75. The van der Waals surface area contributed by atoms with Gasteiger partial charge in [-0.25, -0.2) is 0 Å². The standard InChI is InChI=1S/C17H22N4O3/c1-23-14-8-3-2-6-12(14)10-15-19-16(24-20-15)11-21-9-5-4-7-13(18)17(21)22/h2-3,6,8,13H,4-5,7,9-11,18H2,1H3. The zero-order valence-corrected chi connectivity index (χ0v) is 13.8. The topological polar surface area (TPSA) is 94.5 Å². The molecule has 24 heavy (non-hydrogen) atoms. The van der Waals surface area contributed by atoms with Crippen molar-refractivity contribution in [3.63, 3.8) is 0 Å². The molecule has 7 heteroatoms. The van der Waals surface area contributed by atoms with Gasteiger partial charge in [0.05, 0.1) is 13.2 Å². The average Bonchev–Trinajstić information content (AvgIpc) is 2.97. The first-order valence-corrected chi connectivity index (χ1v) is 8.15. The van der Waals surface area contributed by atoms with Gasteiger partial charge in [-0.15, -0.1) is 0 Å². The van der Waals surface area contributed by atoms with Gasteiger partial charge in [-0.2, -0.15) is 4.98 Å². The van der Waals surface area contributed by atoms with E-state index in [1.807, 2.05) is 24.3 Å². The summed E-state index contributed by atoms with van der Waals surface area (Å²) in [4.78, 5) is 18.3. The lowest BCUT2D eigenvalue weighted by molar-refractivity contribution is -0.133. The number of hydrogen-bond donors (Lipinski definition) is 1. The lowest BCUT2D eigenvalue weighted by Crippen LogP contribution is -2.41. The van der Waals surface area contributed by atoms with Crippen LogP contribution < -0.4 is 10.5 Å². The second-order valence-electron chi connectivity index (χ2n) is 5.96. The molecule has 1 saturated heterocycles. The molecule has 2 heterocycles. The minimum absolute atomic E-state index is 0.0445. The SMILES string of the molecule is COc1ccccc1Cc1noc(CN2CCCCC(N)C2=O)n1. The number of methoxy groups -OCH3 is 1. The molecule has 0 saturated carbocycles. The number of carbonyl (C=O) groups excluding carboxylic acids is 1. The molecule has 128 valence electrons. The summed E-state index contributed by atoms with van der Waals surface area (Å²) in [5.41, 5.74) is 6.88. The number of aromatic nitrogens is 2. The summed E-state index contributed by atoms with van der Waals surface area (Å²) in [5, 5.41) is 4.01. The maximum atomic E-state index is 12.2. The molecular formula is C17H22N4O3. The molecule has 0 radical (unpaired) electrons. The number of likely N-dealkylation sites (tertiary alicyclic amines) is 1. The number of amides is 1. The molecule has 2 N–H and O–H groups in total. The predicted octanol–water partition coefficient (Wildman–Crippen LogP) is 1.51. The number of para-hydroxylation sites is 1. The quantitative estimate of drug-likeness (QED) is 0.893. The molecule has 1 aromatic carbocycles. The molecule has 1 atom stereocenters. The first-order valence-electron chi connectivity index (χ1n) is 8.15. The van der Waals surface area contributed by atoms with E-state index in [1.54, 1.807) is 12.0 Å². The first-order chi connectivity index (χ1) is 11.7. The average molecular weight is 330 g/mol. The molecule has 1 aliphatic rings. The smallest absolute Gasteiger partial charge is 0.246 e. The summed E-state index contributed by atoms with van der Waals surface area (Å²) >= 11 is 0. The molecule has 0 aliphatic carbocycles. The van der Waals surface area contributed by atoms with Crippen molar-refractivity contribution in [1.29, 1.82) is 0 Å². The molecule has 3 rings (SSSR count). The molecular weight excluding hydrogens is 308 g/mol. The van der Waals surface area contributed by atoms with Crippen molar-refractivity contribution >= 4 is 5.91 Å². The lowest BCUT2D eigenvalue weighted by Gasteiger charge is -2.20. The fourth-order valence-electron chi connectivity index (χ4n) is 2.90. The van der Waals surface area contributed by atoms with Gasteiger partial charge in [-0.1, -0.05) is 23.4 Å². The summed E-state index contributed by atoms with van der Waals surface area (Å²) in [7, 11) is 1.63. The molecule has 1 aliphatic heterocycles. The Morgan fingerprint density at radius 3 is 3.04 bits per heavy atom. The summed E-state index contributed by atoms with van der Waals surface area (Å²) in [6, 6.07) is 7.29. The fraction of sp³-hybridized carbons (Fsp3) is 0.471. The van der Waals surface area contributed by atoms with Crippen molar-refractivity contribution in [2.75, 3.05) is 13.7 Å². The molecule has 1 amide bonds. The van der Waals surface area contributed by atoms with E-state index in [9.17, 15) is 4.79 Å². The second kappa shape index (κ2) is 7.44. The fourth-order valence-corrected chi connectivity index (χ4v) is 2.90. The van der Waals surface area contributed by atoms with Crippen molar-refractivity contribution in [3.05, 3.63) is 41.5 Å². The third kappa shape index (κ3) is 3.73. The third-order valence-electron chi connectivity index (χ3n) is 4.20. The van der Waals surface area contributed by atoms with Crippen molar-refractivity contribution in [2.24, 2.45) is 5.73 Å². The van der Waals surface area contributed by atoms with Crippen LogP contribution in [0.1, 0.15) is 36.5 Å². The van der Waals surface area contributed by atoms with Crippen LogP contribution in [0.5, 0.6) is 5.75 Å². The van der Waals surface area contributed by atoms with Crippen molar-refractivity contribution in [2.45, 2.75) is 38.3 Å². The number of hydrogen-bond acceptors (Lipinski definition) is 6. The largest absolute Gasteiger partial charge is 0.496 e. The van der Waals surface area contributed by atoms with Gasteiger partial charge in [-0.3, -0.25) is 4.79 Å². The zero-order valence-electron chi connectivity index (χ0n) is 13.8. The first kappa shape index (κ1) is 16.4. The minimum atomic E-state index is -0.427. The Morgan fingerprint density at radius 2 is 2.21 bits per heavy atom. The number of nitrogens with two attached hydrogens (primary N) is 1. The maximum Gasteiger partial charge on any atom is 0.246 e. The second-order valence-corrected chi connectivity index (χ2v) is 5.96. The summed E-state index contributed by atoms with van der Waals surface area (Å²) < 4.78 is 10.6. The number of ether oxygens (including phenoxy) is 1. The molecule has 1 fully saturated rings. The Balaban J connectivity index is 1.68. The van der Waals surface area contributed by atoms with Crippen LogP contribution in [-0.2, 0) is 17.8 Å². The van der Waals surface area contributed by atoms with Crippen LogP contribution in [0.15, 0.2) is 28.8 Å². The number of rotatable bonds is 5. The van der Waals surface area contributed by atoms with Gasteiger partial charge in [0.2, 0.25) is 11.8 Å². The van der Waals surface area contributed by atoms with E-state index in [0.717, 1.165) is 30.6 Å². The molecule has 0 bridgehead atoms. The zero-order chi connectivity index (χ0) is 16.9. The monoisotopic (exact) mass is 330 g/mol. The van der Waals surface area contributed by atoms with Crippen LogP contribution in [0, 0.1) is 0 Å². The van der Waals surface area contributed by atoms with E-state index in [0.29, 0.717) is 31.2 Å². The van der Waals surface area contributed by atoms with Gasteiger partial charge in [0.25, 0.3) is 0 Å². The Bertz CT molecular complexity index is 701. The molecule has 0 spiro atoms. The Hall–Kier alpha value is -2.41. The van der Waals surface area contributed by atoms with Gasteiger partial charge in [0.15, 0.2) is 5.82 Å². The van der Waals surface area contributed by atoms with Crippen LogP contribution in [0.3, 0.4) is 0 Å². The maximum absolute atomic E-state index is 12.2. The van der Waals surface area contributed by atoms with Crippen LogP contribution in [0.4, 0.5) is 0 Å². The van der Waals surface area contributed by atoms with E-state index in [-0.39, 0.29) is 5.91 Å². The number of benzene rings is 1. The van der Waals surface area contributed by atoms with Crippen molar-refractivity contribution in [1.82, 2.24) is 15.0 Å². The molecule has 2 aromatic rings. The normalized spacial score (nSPS) is 18.5. The van der Waals surface area contributed by atoms with Crippen LogP contribution in [0.25, 0.3) is 0 Å². The number of nitrogens with zero attached hydrogens (tertiary/aromatic N) is 3. The number of carbonyl (C=O) groups is 1. The molecule has 1 aromatic heterocycles. The van der Waals surface area contributed by atoms with Crippen LogP contribution in [-0.4, -0.2) is 40.6 Å². The predicted molar refractivity (Wildman–Crippen MR) is 87.3 cm³/mol. The Morgan fingerprint density at radius 1 is 1.38 bits per heavy atom.